The summed E-state index contributed by atoms with van der Waals surface area (Å²) in [5, 5.41) is 15.2. The van der Waals surface area contributed by atoms with E-state index in [1.165, 1.54) is 0 Å². The minimum atomic E-state index is -0.474. The van der Waals surface area contributed by atoms with Crippen LogP contribution in [0.25, 0.3) is 0 Å². The van der Waals surface area contributed by atoms with Crippen molar-refractivity contribution in [3.8, 4) is 0 Å². The molecule has 1 aliphatic heterocycles. The first-order valence-electron chi connectivity index (χ1n) is 7.63. The van der Waals surface area contributed by atoms with Crippen LogP contribution in [0.1, 0.15) is 36.6 Å². The molecule has 2 atom stereocenters. The van der Waals surface area contributed by atoms with Crippen molar-refractivity contribution in [1.82, 2.24) is 19.7 Å². The number of aryl methyl sites for hydroxylation is 1. The number of likely N-dealkylation sites (tertiary alicyclic amines) is 1. The molecule has 0 aromatic carbocycles. The number of pyridine rings is 1. The van der Waals surface area contributed by atoms with Gasteiger partial charge in [0.25, 0.3) is 0 Å². The third-order valence-electron chi connectivity index (χ3n) is 4.29. The Hall–Kier alpha value is -1.43. The molecule has 2 aromatic heterocycles. The maximum absolute atomic E-state index is 10.4. The molecule has 6 heteroatoms. The maximum atomic E-state index is 10.4. The Morgan fingerprint density at radius 2 is 2.36 bits per heavy atom. The van der Waals surface area contributed by atoms with E-state index in [2.05, 4.69) is 15.0 Å². The van der Waals surface area contributed by atoms with Gasteiger partial charge in [-0.25, -0.2) is 0 Å². The number of rotatable bonds is 5. The van der Waals surface area contributed by atoms with Crippen LogP contribution >= 0.6 is 11.6 Å². The third-order valence-corrected chi connectivity index (χ3v) is 4.64. The fourth-order valence-electron chi connectivity index (χ4n) is 3.10. The molecule has 2 aromatic rings. The molecule has 1 N–H and O–H groups in total. The van der Waals surface area contributed by atoms with Crippen molar-refractivity contribution in [2.75, 3.05) is 6.54 Å². The molecule has 1 fully saturated rings. The van der Waals surface area contributed by atoms with Gasteiger partial charge in [-0.15, -0.1) is 0 Å². The molecule has 3 heterocycles. The highest BCUT2D eigenvalue weighted by Gasteiger charge is 2.28. The summed E-state index contributed by atoms with van der Waals surface area (Å²) in [7, 11) is 1.86. The van der Waals surface area contributed by atoms with Gasteiger partial charge in [-0.2, -0.15) is 5.10 Å². The molecular formula is C16H21ClN4O. The Morgan fingerprint density at radius 1 is 1.50 bits per heavy atom. The van der Waals surface area contributed by atoms with E-state index >= 15 is 0 Å². The summed E-state index contributed by atoms with van der Waals surface area (Å²) >= 11 is 6.21. The standard InChI is InChI=1S/C16H21ClN4O/c1-20-10-12(9-19-20)16(22)8-13-4-3-7-21(13)11-15-14(17)5-2-6-18-15/h2,5-6,9-10,13,16,22H,3-4,7-8,11H2,1H3. The highest BCUT2D eigenvalue weighted by atomic mass is 35.5. The highest BCUT2D eigenvalue weighted by molar-refractivity contribution is 6.31. The van der Waals surface area contributed by atoms with Crippen molar-refractivity contribution in [3.05, 3.63) is 47.0 Å². The van der Waals surface area contributed by atoms with Gasteiger partial charge in [0.15, 0.2) is 0 Å². The molecule has 3 rings (SSSR count). The maximum Gasteiger partial charge on any atom is 0.0835 e. The van der Waals surface area contributed by atoms with E-state index in [1.54, 1.807) is 17.1 Å². The second kappa shape index (κ2) is 6.77. The topological polar surface area (TPSA) is 54.2 Å². The molecule has 22 heavy (non-hydrogen) atoms. The molecule has 0 aliphatic carbocycles. The van der Waals surface area contributed by atoms with Gasteiger partial charge in [-0.05, 0) is 37.9 Å². The Kier molecular flexibility index (Phi) is 4.76. The van der Waals surface area contributed by atoms with E-state index in [0.717, 1.165) is 43.6 Å². The van der Waals surface area contributed by atoms with Crippen molar-refractivity contribution < 1.29 is 5.11 Å². The van der Waals surface area contributed by atoms with Gasteiger partial charge in [0.05, 0.1) is 23.0 Å². The predicted molar refractivity (Wildman–Crippen MR) is 85.5 cm³/mol. The van der Waals surface area contributed by atoms with Crippen LogP contribution in [-0.4, -0.2) is 37.4 Å². The van der Waals surface area contributed by atoms with Gasteiger partial charge in [0, 0.05) is 37.6 Å². The van der Waals surface area contributed by atoms with Crippen LogP contribution in [0.5, 0.6) is 0 Å². The van der Waals surface area contributed by atoms with E-state index < -0.39 is 6.10 Å². The molecule has 2 unspecified atom stereocenters. The smallest absolute Gasteiger partial charge is 0.0835 e. The Morgan fingerprint density at radius 3 is 3.09 bits per heavy atom. The van der Waals surface area contributed by atoms with Crippen LogP contribution < -0.4 is 0 Å². The summed E-state index contributed by atoms with van der Waals surface area (Å²) in [5.41, 5.74) is 1.79. The zero-order chi connectivity index (χ0) is 15.5. The zero-order valence-corrected chi connectivity index (χ0v) is 13.4. The second-order valence-electron chi connectivity index (χ2n) is 5.90. The number of hydrogen-bond donors (Lipinski definition) is 1. The average Bonchev–Trinajstić information content (AvgIpc) is 3.11. The quantitative estimate of drug-likeness (QED) is 0.920. The lowest BCUT2D eigenvalue weighted by Crippen LogP contribution is -2.30. The number of aliphatic hydroxyl groups is 1. The van der Waals surface area contributed by atoms with Gasteiger partial charge in [0.2, 0.25) is 0 Å². The average molecular weight is 321 g/mol. The molecule has 118 valence electrons. The van der Waals surface area contributed by atoms with Gasteiger partial charge in [0.1, 0.15) is 0 Å². The number of aliphatic hydroxyl groups excluding tert-OH is 1. The van der Waals surface area contributed by atoms with Gasteiger partial charge in [-0.1, -0.05) is 11.6 Å². The van der Waals surface area contributed by atoms with E-state index in [9.17, 15) is 5.11 Å². The van der Waals surface area contributed by atoms with Crippen LogP contribution in [0.2, 0.25) is 5.02 Å². The first kappa shape index (κ1) is 15.5. The van der Waals surface area contributed by atoms with Crippen molar-refractivity contribution in [3.63, 3.8) is 0 Å². The Bertz CT molecular complexity index is 630. The van der Waals surface area contributed by atoms with Gasteiger partial charge in [-0.3, -0.25) is 14.6 Å². The minimum Gasteiger partial charge on any atom is -0.388 e. The summed E-state index contributed by atoms with van der Waals surface area (Å²) < 4.78 is 1.72. The molecule has 0 spiro atoms. The number of hydrogen-bond acceptors (Lipinski definition) is 4. The molecular weight excluding hydrogens is 300 g/mol. The first-order valence-corrected chi connectivity index (χ1v) is 8.01. The molecule has 0 bridgehead atoms. The summed E-state index contributed by atoms with van der Waals surface area (Å²) in [6, 6.07) is 4.08. The molecule has 5 nitrogen and oxygen atoms in total. The fourth-order valence-corrected chi connectivity index (χ4v) is 3.28. The molecule has 0 amide bonds. The SMILES string of the molecule is Cn1cc(C(O)CC2CCCN2Cc2ncccc2Cl)cn1. The van der Waals surface area contributed by atoms with Crippen molar-refractivity contribution >= 4 is 11.6 Å². The lowest BCUT2D eigenvalue weighted by molar-refractivity contribution is 0.117. The Labute approximate surface area is 135 Å². The molecule has 0 saturated carbocycles. The highest BCUT2D eigenvalue weighted by Crippen LogP contribution is 2.29. The van der Waals surface area contributed by atoms with Crippen LogP contribution in [-0.2, 0) is 13.6 Å². The predicted octanol–water partition coefficient (Wildman–Crippen LogP) is 2.56. The summed E-state index contributed by atoms with van der Waals surface area (Å²) in [6.45, 7) is 1.77. The van der Waals surface area contributed by atoms with Crippen LogP contribution in [0.3, 0.4) is 0 Å². The van der Waals surface area contributed by atoms with E-state index in [0.29, 0.717) is 11.1 Å². The van der Waals surface area contributed by atoms with E-state index in [4.69, 9.17) is 11.6 Å². The van der Waals surface area contributed by atoms with Crippen molar-refractivity contribution in [1.29, 1.82) is 0 Å². The number of aromatic nitrogens is 3. The zero-order valence-electron chi connectivity index (χ0n) is 12.7. The van der Waals surface area contributed by atoms with Crippen molar-refractivity contribution in [2.24, 2.45) is 7.05 Å². The monoisotopic (exact) mass is 320 g/mol. The van der Waals surface area contributed by atoms with Gasteiger partial charge >= 0.3 is 0 Å². The first-order chi connectivity index (χ1) is 10.6. The number of nitrogens with zero attached hydrogens (tertiary/aromatic N) is 4. The normalized spacial score (nSPS) is 20.4. The number of halogens is 1. The summed E-state index contributed by atoms with van der Waals surface area (Å²) in [4.78, 5) is 6.74. The largest absolute Gasteiger partial charge is 0.388 e. The van der Waals surface area contributed by atoms with Crippen molar-refractivity contribution in [2.45, 2.75) is 38.0 Å². The van der Waals surface area contributed by atoms with Crippen LogP contribution in [0.4, 0.5) is 0 Å². The minimum absolute atomic E-state index is 0.355. The molecule has 1 aliphatic rings. The summed E-state index contributed by atoms with van der Waals surface area (Å²) in [5.74, 6) is 0. The fraction of sp³-hybridized carbons (Fsp3) is 0.500. The summed E-state index contributed by atoms with van der Waals surface area (Å²) in [6.07, 6.45) is 7.88. The van der Waals surface area contributed by atoms with Crippen LogP contribution in [0.15, 0.2) is 30.7 Å². The molecule has 0 radical (unpaired) electrons. The third kappa shape index (κ3) is 3.48. The Balaban J connectivity index is 1.64. The van der Waals surface area contributed by atoms with E-state index in [-0.39, 0.29) is 0 Å². The lowest BCUT2D eigenvalue weighted by Gasteiger charge is -2.26. The second-order valence-corrected chi connectivity index (χ2v) is 6.30. The lowest BCUT2D eigenvalue weighted by atomic mass is 10.0. The van der Waals surface area contributed by atoms with Gasteiger partial charge < -0.3 is 5.11 Å². The van der Waals surface area contributed by atoms with Crippen LogP contribution in [0, 0.1) is 0 Å². The molecule has 1 saturated heterocycles. The van der Waals surface area contributed by atoms with E-state index in [1.807, 2.05) is 25.4 Å².